The third kappa shape index (κ3) is 5.91. The molecule has 0 atom stereocenters. The Labute approximate surface area is 128 Å². The van der Waals surface area contributed by atoms with Gasteiger partial charge in [0.2, 0.25) is 0 Å². The molecule has 0 aliphatic heterocycles. The van der Waals surface area contributed by atoms with Crippen LogP contribution in [0.5, 0.6) is 5.75 Å². The van der Waals surface area contributed by atoms with Crippen LogP contribution in [0.25, 0.3) is 0 Å². The molecule has 0 saturated heterocycles. The van der Waals surface area contributed by atoms with Crippen LogP contribution in [0.1, 0.15) is 6.92 Å². The summed E-state index contributed by atoms with van der Waals surface area (Å²) in [6.07, 6.45) is 6.29. The van der Waals surface area contributed by atoms with Gasteiger partial charge in [0.25, 0.3) is 0 Å². The Hall–Kier alpha value is -1.78. The average Bonchev–Trinajstić information content (AvgIpc) is 2.46. The lowest BCUT2D eigenvalue weighted by atomic mass is 10.3. The highest BCUT2D eigenvalue weighted by Gasteiger charge is 1.99. The normalized spacial score (nSPS) is 12.0. The molecule has 104 valence electrons. The lowest BCUT2D eigenvalue weighted by molar-refractivity contribution is 0.574. The number of ether oxygens (including phenoxy) is 1. The highest BCUT2D eigenvalue weighted by atomic mass is 35.5. The predicted octanol–water partition coefficient (Wildman–Crippen LogP) is 5.06. The van der Waals surface area contributed by atoms with Crippen LogP contribution in [0.2, 0.25) is 5.02 Å². The zero-order valence-electron chi connectivity index (χ0n) is 11.0. The van der Waals surface area contributed by atoms with E-state index >= 15 is 0 Å². The fourth-order valence-corrected chi connectivity index (χ4v) is 1.79. The number of hydrogen-bond acceptors (Lipinski definition) is 4. The first kappa shape index (κ1) is 16.3. The van der Waals surface area contributed by atoms with Gasteiger partial charge in [-0.2, -0.15) is 0 Å². The molecular formula is C15H15ClN2OS. The molecule has 0 heterocycles. The quantitative estimate of drug-likeness (QED) is 0.453. The first-order valence-electron chi connectivity index (χ1n) is 5.80. The standard InChI is InChI=1S/C15H15ClN2OS/c1-3-9-20-15(17)12(4-2)10-18-11-19-14-7-5-13(16)6-8-14/h3-11,17H,2H2,1H3. The number of allylic oxidation sites excluding steroid dienone is 2. The van der Waals surface area contributed by atoms with Crippen LogP contribution >= 0.6 is 23.4 Å². The van der Waals surface area contributed by atoms with Gasteiger partial charge in [0.05, 0.1) is 5.04 Å². The number of benzene rings is 1. The number of thioether (sulfide) groups is 1. The zero-order chi connectivity index (χ0) is 14.8. The summed E-state index contributed by atoms with van der Waals surface area (Å²) < 4.78 is 5.30. The van der Waals surface area contributed by atoms with E-state index in [9.17, 15) is 0 Å². The molecule has 1 N–H and O–H groups in total. The van der Waals surface area contributed by atoms with Crippen molar-refractivity contribution in [1.29, 1.82) is 5.41 Å². The summed E-state index contributed by atoms with van der Waals surface area (Å²) in [6, 6.07) is 6.96. The summed E-state index contributed by atoms with van der Waals surface area (Å²) in [5.74, 6) is 0.644. The van der Waals surface area contributed by atoms with Gasteiger partial charge in [0.15, 0.2) is 6.40 Å². The second kappa shape index (κ2) is 9.18. The van der Waals surface area contributed by atoms with Crippen LogP contribution < -0.4 is 4.74 Å². The maximum absolute atomic E-state index is 7.82. The van der Waals surface area contributed by atoms with E-state index in [2.05, 4.69) is 11.6 Å². The first-order chi connectivity index (χ1) is 9.67. The summed E-state index contributed by atoms with van der Waals surface area (Å²) in [5, 5.41) is 10.7. The van der Waals surface area contributed by atoms with E-state index in [0.29, 0.717) is 21.4 Å². The maximum atomic E-state index is 7.82. The molecule has 0 bridgehead atoms. The first-order valence-corrected chi connectivity index (χ1v) is 7.06. The summed E-state index contributed by atoms with van der Waals surface area (Å²) in [5.41, 5.74) is 0.629. The summed E-state index contributed by atoms with van der Waals surface area (Å²) in [7, 11) is 0. The predicted molar refractivity (Wildman–Crippen MR) is 89.0 cm³/mol. The molecular weight excluding hydrogens is 292 g/mol. The SMILES string of the molecule is C=CC(=CN=COc1ccc(Cl)cc1)C(=N)SC=CC. The Morgan fingerprint density at radius 2 is 2.10 bits per heavy atom. The van der Waals surface area contributed by atoms with E-state index in [-0.39, 0.29) is 0 Å². The number of rotatable bonds is 6. The molecule has 20 heavy (non-hydrogen) atoms. The Morgan fingerprint density at radius 3 is 2.70 bits per heavy atom. The summed E-state index contributed by atoms with van der Waals surface area (Å²) in [6.45, 7) is 5.56. The number of hydrogen-bond donors (Lipinski definition) is 1. The molecule has 0 spiro atoms. The smallest absolute Gasteiger partial charge is 0.181 e. The van der Waals surface area contributed by atoms with Crippen molar-refractivity contribution in [3.05, 3.63) is 65.2 Å². The Bertz CT molecular complexity index is 547. The average molecular weight is 307 g/mol. The molecule has 0 aromatic heterocycles. The highest BCUT2D eigenvalue weighted by molar-refractivity contribution is 8.16. The van der Waals surface area contributed by atoms with Crippen molar-refractivity contribution >= 4 is 34.8 Å². The Morgan fingerprint density at radius 1 is 1.40 bits per heavy atom. The van der Waals surface area contributed by atoms with Crippen molar-refractivity contribution in [3.8, 4) is 5.75 Å². The third-order valence-corrected chi connectivity index (χ3v) is 3.21. The molecule has 3 nitrogen and oxygen atoms in total. The van der Waals surface area contributed by atoms with Crippen LogP contribution in [0.15, 0.2) is 65.2 Å². The van der Waals surface area contributed by atoms with Gasteiger partial charge in [-0.3, -0.25) is 5.41 Å². The van der Waals surface area contributed by atoms with Gasteiger partial charge < -0.3 is 4.74 Å². The molecule has 1 aromatic rings. The van der Waals surface area contributed by atoms with Crippen molar-refractivity contribution in [2.45, 2.75) is 6.92 Å². The van der Waals surface area contributed by atoms with Gasteiger partial charge in [-0.25, -0.2) is 4.99 Å². The number of nitrogens with one attached hydrogen (secondary N) is 1. The fraction of sp³-hybridized carbons (Fsp3) is 0.0667. The summed E-state index contributed by atoms with van der Waals surface area (Å²) >= 11 is 7.07. The van der Waals surface area contributed by atoms with Crippen molar-refractivity contribution in [2.24, 2.45) is 4.99 Å². The number of aliphatic imine (C=N–C) groups is 1. The van der Waals surface area contributed by atoms with Crippen LogP contribution in [0.4, 0.5) is 0 Å². The molecule has 0 amide bonds. The van der Waals surface area contributed by atoms with Gasteiger partial charge in [0.1, 0.15) is 5.75 Å². The van der Waals surface area contributed by atoms with Gasteiger partial charge in [-0.1, -0.05) is 42.1 Å². The van der Waals surface area contributed by atoms with Crippen molar-refractivity contribution < 1.29 is 4.74 Å². The van der Waals surface area contributed by atoms with Gasteiger partial charge >= 0.3 is 0 Å². The van der Waals surface area contributed by atoms with Crippen LogP contribution in [0.3, 0.4) is 0 Å². The van der Waals surface area contributed by atoms with E-state index in [1.165, 1.54) is 24.4 Å². The Kier molecular flexibility index (Phi) is 7.47. The fourth-order valence-electron chi connectivity index (χ4n) is 1.12. The van der Waals surface area contributed by atoms with Gasteiger partial charge in [-0.15, -0.1) is 0 Å². The monoisotopic (exact) mass is 306 g/mol. The van der Waals surface area contributed by atoms with E-state index < -0.39 is 0 Å². The lowest BCUT2D eigenvalue weighted by Crippen LogP contribution is -1.92. The Balaban J connectivity index is 2.59. The van der Waals surface area contributed by atoms with E-state index in [1.807, 2.05) is 18.4 Å². The molecule has 0 radical (unpaired) electrons. The molecule has 5 heteroatoms. The minimum absolute atomic E-state index is 0.377. The summed E-state index contributed by atoms with van der Waals surface area (Å²) in [4.78, 5) is 4.00. The lowest BCUT2D eigenvalue weighted by Gasteiger charge is -2.00. The maximum Gasteiger partial charge on any atom is 0.181 e. The van der Waals surface area contributed by atoms with E-state index in [1.54, 1.807) is 30.3 Å². The number of nitrogens with zero attached hydrogens (tertiary/aromatic N) is 1. The largest absolute Gasteiger partial charge is 0.446 e. The van der Waals surface area contributed by atoms with Crippen LogP contribution in [-0.2, 0) is 0 Å². The topological polar surface area (TPSA) is 45.4 Å². The van der Waals surface area contributed by atoms with Crippen LogP contribution in [0, 0.1) is 5.41 Å². The minimum Gasteiger partial charge on any atom is -0.446 e. The molecule has 0 aliphatic carbocycles. The molecule has 1 aromatic carbocycles. The van der Waals surface area contributed by atoms with Crippen LogP contribution in [-0.4, -0.2) is 11.4 Å². The highest BCUT2D eigenvalue weighted by Crippen LogP contribution is 2.15. The zero-order valence-corrected chi connectivity index (χ0v) is 12.6. The third-order valence-electron chi connectivity index (χ3n) is 2.08. The van der Waals surface area contributed by atoms with Gasteiger partial charge in [-0.05, 0) is 36.6 Å². The van der Waals surface area contributed by atoms with Crippen molar-refractivity contribution in [1.82, 2.24) is 0 Å². The molecule has 0 aliphatic rings. The molecule has 0 saturated carbocycles. The van der Waals surface area contributed by atoms with Crippen molar-refractivity contribution in [2.75, 3.05) is 0 Å². The molecule has 1 rings (SSSR count). The number of halogens is 1. The van der Waals surface area contributed by atoms with E-state index in [4.69, 9.17) is 21.7 Å². The second-order valence-electron chi connectivity index (χ2n) is 3.53. The van der Waals surface area contributed by atoms with Gasteiger partial charge in [0, 0.05) is 16.8 Å². The van der Waals surface area contributed by atoms with E-state index in [0.717, 1.165) is 0 Å². The minimum atomic E-state index is 0.377. The molecule has 0 fully saturated rings. The van der Waals surface area contributed by atoms with Crippen molar-refractivity contribution in [3.63, 3.8) is 0 Å². The molecule has 0 unspecified atom stereocenters. The second-order valence-corrected chi connectivity index (χ2v) is 4.88.